The van der Waals surface area contributed by atoms with E-state index in [1.807, 2.05) is 0 Å². The first-order chi connectivity index (χ1) is 10.5. The molecule has 0 fully saturated rings. The van der Waals surface area contributed by atoms with Crippen molar-refractivity contribution in [2.45, 2.75) is 0 Å². The number of halogens is 3. The van der Waals surface area contributed by atoms with Crippen LogP contribution in [0.4, 0.5) is 14.5 Å². The molecule has 112 valence electrons. The van der Waals surface area contributed by atoms with Gasteiger partial charge in [-0.05, 0) is 36.4 Å². The van der Waals surface area contributed by atoms with Gasteiger partial charge < -0.3 is 9.88 Å². The highest BCUT2D eigenvalue weighted by atomic mass is 35.5. The molecule has 0 atom stereocenters. The number of carbonyl (C=O) groups excluding carboxylic acids is 1. The summed E-state index contributed by atoms with van der Waals surface area (Å²) in [6.45, 7) is 0. The number of fused-ring (bicyclic) bond motifs is 1. The summed E-state index contributed by atoms with van der Waals surface area (Å²) < 4.78 is 28.5. The Hall–Kier alpha value is -2.40. The standard InChI is InChI=1S/C16H11ClF2N2O/c1-21-14-4-2-3-12(18)10(14)8-15(21)16(22)20-9-5-6-13(19)11(17)7-9/h2-8H,1H3,(H,20,22). The first kappa shape index (κ1) is 14.5. The number of aryl methyl sites for hydroxylation is 1. The number of rotatable bonds is 2. The van der Waals surface area contributed by atoms with E-state index in [0.29, 0.717) is 22.3 Å². The zero-order chi connectivity index (χ0) is 15.9. The summed E-state index contributed by atoms with van der Waals surface area (Å²) in [6, 6.07) is 10.0. The molecule has 3 nitrogen and oxygen atoms in total. The maximum absolute atomic E-state index is 13.8. The second-order valence-corrected chi connectivity index (χ2v) is 5.25. The van der Waals surface area contributed by atoms with E-state index >= 15 is 0 Å². The molecule has 0 spiro atoms. The van der Waals surface area contributed by atoms with Crippen LogP contribution in [-0.4, -0.2) is 10.5 Å². The molecule has 22 heavy (non-hydrogen) atoms. The van der Waals surface area contributed by atoms with Crippen molar-refractivity contribution in [3.63, 3.8) is 0 Å². The Kier molecular flexibility index (Phi) is 3.58. The molecule has 0 unspecified atom stereocenters. The van der Waals surface area contributed by atoms with E-state index < -0.39 is 17.5 Å². The third kappa shape index (κ3) is 2.44. The van der Waals surface area contributed by atoms with Gasteiger partial charge in [-0.25, -0.2) is 8.78 Å². The highest BCUT2D eigenvalue weighted by Gasteiger charge is 2.15. The minimum Gasteiger partial charge on any atom is -0.340 e. The molecule has 1 N–H and O–H groups in total. The van der Waals surface area contributed by atoms with Crippen molar-refractivity contribution in [1.82, 2.24) is 4.57 Å². The van der Waals surface area contributed by atoms with Gasteiger partial charge in [0.15, 0.2) is 0 Å². The summed E-state index contributed by atoms with van der Waals surface area (Å²) in [5, 5.41) is 2.90. The number of hydrogen-bond acceptors (Lipinski definition) is 1. The van der Waals surface area contributed by atoms with Gasteiger partial charge in [-0.15, -0.1) is 0 Å². The number of anilines is 1. The smallest absolute Gasteiger partial charge is 0.272 e. The van der Waals surface area contributed by atoms with Crippen LogP contribution in [0.3, 0.4) is 0 Å². The van der Waals surface area contributed by atoms with Crippen molar-refractivity contribution in [1.29, 1.82) is 0 Å². The van der Waals surface area contributed by atoms with Crippen molar-refractivity contribution in [3.05, 3.63) is 64.8 Å². The Balaban J connectivity index is 1.97. The van der Waals surface area contributed by atoms with Crippen LogP contribution < -0.4 is 5.32 Å². The number of nitrogens with one attached hydrogen (secondary N) is 1. The Labute approximate surface area is 130 Å². The van der Waals surface area contributed by atoms with Gasteiger partial charge in [-0.2, -0.15) is 0 Å². The summed E-state index contributed by atoms with van der Waals surface area (Å²) in [6.07, 6.45) is 0. The fourth-order valence-electron chi connectivity index (χ4n) is 2.31. The summed E-state index contributed by atoms with van der Waals surface area (Å²) in [4.78, 5) is 12.3. The van der Waals surface area contributed by atoms with Gasteiger partial charge in [0.05, 0.1) is 10.5 Å². The predicted molar refractivity (Wildman–Crippen MR) is 82.2 cm³/mol. The van der Waals surface area contributed by atoms with Gasteiger partial charge in [-0.3, -0.25) is 4.79 Å². The van der Waals surface area contributed by atoms with Crippen molar-refractivity contribution in [2.75, 3.05) is 5.32 Å². The molecule has 3 aromatic rings. The highest BCUT2D eigenvalue weighted by Crippen LogP contribution is 2.23. The zero-order valence-electron chi connectivity index (χ0n) is 11.5. The number of amides is 1. The zero-order valence-corrected chi connectivity index (χ0v) is 12.3. The van der Waals surface area contributed by atoms with Crippen LogP contribution in [0.25, 0.3) is 10.9 Å². The molecular weight excluding hydrogens is 310 g/mol. The van der Waals surface area contributed by atoms with Gasteiger partial charge >= 0.3 is 0 Å². The predicted octanol–water partition coefficient (Wildman–Crippen LogP) is 4.36. The molecule has 1 aromatic heterocycles. The Morgan fingerprint density at radius 2 is 1.91 bits per heavy atom. The first-order valence-corrected chi connectivity index (χ1v) is 6.85. The average Bonchev–Trinajstić information content (AvgIpc) is 2.82. The first-order valence-electron chi connectivity index (χ1n) is 6.47. The van der Waals surface area contributed by atoms with E-state index in [2.05, 4.69) is 5.32 Å². The SMILES string of the molecule is Cn1c(C(=O)Nc2ccc(F)c(Cl)c2)cc2c(F)cccc21. The van der Waals surface area contributed by atoms with E-state index in [9.17, 15) is 13.6 Å². The van der Waals surface area contributed by atoms with E-state index in [1.54, 1.807) is 23.7 Å². The molecule has 0 aliphatic carbocycles. The molecule has 0 saturated heterocycles. The van der Waals surface area contributed by atoms with E-state index in [0.717, 1.165) is 0 Å². The van der Waals surface area contributed by atoms with E-state index in [4.69, 9.17) is 11.6 Å². The third-order valence-corrected chi connectivity index (χ3v) is 3.73. The van der Waals surface area contributed by atoms with Crippen molar-refractivity contribution >= 4 is 34.1 Å². The maximum Gasteiger partial charge on any atom is 0.272 e. The molecule has 0 radical (unpaired) electrons. The van der Waals surface area contributed by atoms with Gasteiger partial charge in [0.1, 0.15) is 17.3 Å². The van der Waals surface area contributed by atoms with Crippen LogP contribution in [0.1, 0.15) is 10.5 Å². The summed E-state index contributed by atoms with van der Waals surface area (Å²) in [7, 11) is 1.67. The fourth-order valence-corrected chi connectivity index (χ4v) is 2.49. The lowest BCUT2D eigenvalue weighted by molar-refractivity contribution is 0.101. The van der Waals surface area contributed by atoms with Crippen molar-refractivity contribution in [2.24, 2.45) is 7.05 Å². The number of nitrogens with zero attached hydrogens (tertiary/aromatic N) is 1. The molecule has 0 aliphatic rings. The Bertz CT molecular complexity index is 889. The van der Waals surface area contributed by atoms with Gasteiger partial charge in [-0.1, -0.05) is 17.7 Å². The largest absolute Gasteiger partial charge is 0.340 e. The van der Waals surface area contributed by atoms with Gasteiger partial charge in [0.2, 0.25) is 0 Å². The van der Waals surface area contributed by atoms with Crippen LogP contribution in [-0.2, 0) is 7.05 Å². The lowest BCUT2D eigenvalue weighted by Gasteiger charge is -2.07. The normalized spacial score (nSPS) is 10.9. The molecule has 0 bridgehead atoms. The number of carbonyl (C=O) groups is 1. The topological polar surface area (TPSA) is 34.0 Å². The minimum atomic E-state index is -0.564. The Morgan fingerprint density at radius 3 is 2.59 bits per heavy atom. The van der Waals surface area contributed by atoms with Crippen LogP contribution in [0.2, 0.25) is 5.02 Å². The van der Waals surface area contributed by atoms with Crippen LogP contribution in [0.15, 0.2) is 42.5 Å². The second-order valence-electron chi connectivity index (χ2n) is 4.84. The highest BCUT2D eigenvalue weighted by molar-refractivity contribution is 6.31. The van der Waals surface area contributed by atoms with Crippen molar-refractivity contribution in [3.8, 4) is 0 Å². The maximum atomic E-state index is 13.8. The lowest BCUT2D eigenvalue weighted by atomic mass is 10.2. The second kappa shape index (κ2) is 5.42. The summed E-state index contributed by atoms with van der Waals surface area (Å²) >= 11 is 5.68. The molecule has 0 saturated carbocycles. The molecule has 6 heteroatoms. The number of hydrogen-bond donors (Lipinski definition) is 1. The molecule has 0 aliphatic heterocycles. The van der Waals surface area contributed by atoms with Crippen LogP contribution in [0, 0.1) is 11.6 Å². The van der Waals surface area contributed by atoms with Crippen LogP contribution in [0.5, 0.6) is 0 Å². The fraction of sp³-hybridized carbons (Fsp3) is 0.0625. The van der Waals surface area contributed by atoms with E-state index in [1.165, 1.54) is 30.3 Å². The third-order valence-electron chi connectivity index (χ3n) is 3.44. The lowest BCUT2D eigenvalue weighted by Crippen LogP contribution is -2.15. The number of aromatic nitrogens is 1. The monoisotopic (exact) mass is 320 g/mol. The molecular formula is C16H11ClF2N2O. The van der Waals surface area contributed by atoms with E-state index in [-0.39, 0.29) is 5.02 Å². The van der Waals surface area contributed by atoms with Crippen LogP contribution >= 0.6 is 11.6 Å². The Morgan fingerprint density at radius 1 is 1.14 bits per heavy atom. The molecule has 1 heterocycles. The number of benzene rings is 2. The summed E-state index contributed by atoms with van der Waals surface area (Å²) in [5.74, 6) is -1.39. The van der Waals surface area contributed by atoms with Crippen molar-refractivity contribution < 1.29 is 13.6 Å². The minimum absolute atomic E-state index is 0.0825. The molecule has 2 aromatic carbocycles. The van der Waals surface area contributed by atoms with Gasteiger partial charge in [0.25, 0.3) is 5.91 Å². The molecule has 3 rings (SSSR count). The quantitative estimate of drug-likeness (QED) is 0.748. The summed E-state index contributed by atoms with van der Waals surface area (Å²) in [5.41, 5.74) is 1.27. The molecule has 1 amide bonds. The van der Waals surface area contributed by atoms with Gasteiger partial charge in [0, 0.05) is 18.1 Å². The average molecular weight is 321 g/mol.